The second kappa shape index (κ2) is 7.09. The Balaban J connectivity index is 1.56. The molecule has 4 rings (SSSR count). The first-order chi connectivity index (χ1) is 12.7. The van der Waals surface area contributed by atoms with Crippen molar-refractivity contribution in [3.05, 3.63) is 94.7 Å². The number of hydrogen-bond acceptors (Lipinski definition) is 4. The largest absolute Gasteiger partial charge is 0.420 e. The zero-order valence-corrected chi connectivity index (χ0v) is 14.5. The number of anilines is 1. The molecule has 6 heteroatoms. The summed E-state index contributed by atoms with van der Waals surface area (Å²) in [6.07, 6.45) is 0. The predicted octanol–water partition coefficient (Wildman–Crippen LogP) is 4.90. The van der Waals surface area contributed by atoms with Gasteiger partial charge in [-0.15, -0.1) is 0 Å². The van der Waals surface area contributed by atoms with Crippen LogP contribution in [0.15, 0.2) is 86.9 Å². The minimum absolute atomic E-state index is 0.275. The number of rotatable bonds is 5. The lowest BCUT2D eigenvalue weighted by molar-refractivity contribution is 0.517. The first-order valence-electron chi connectivity index (χ1n) is 8.05. The van der Waals surface area contributed by atoms with E-state index in [-0.39, 0.29) is 11.6 Å². The molecule has 3 aromatic carbocycles. The van der Waals surface area contributed by atoms with Crippen LogP contribution >= 0.6 is 11.9 Å². The Labute approximate surface area is 153 Å². The smallest absolute Gasteiger partial charge is 0.408 e. The van der Waals surface area contributed by atoms with Crippen LogP contribution in [0.5, 0.6) is 0 Å². The summed E-state index contributed by atoms with van der Waals surface area (Å²) < 4.78 is 23.1. The number of nitrogens with zero attached hydrogens (tertiary/aromatic N) is 1. The molecule has 0 bridgehead atoms. The van der Waals surface area contributed by atoms with Crippen molar-refractivity contribution in [3.63, 3.8) is 0 Å². The Kier molecular flexibility index (Phi) is 4.50. The molecule has 0 saturated carbocycles. The van der Waals surface area contributed by atoms with Gasteiger partial charge in [0.15, 0.2) is 5.58 Å². The summed E-state index contributed by atoms with van der Waals surface area (Å²) in [6.45, 7) is 0.465. The number of benzene rings is 3. The first-order valence-corrected chi connectivity index (χ1v) is 8.86. The first kappa shape index (κ1) is 16.5. The van der Waals surface area contributed by atoms with Crippen LogP contribution < -0.4 is 10.5 Å². The molecule has 1 aromatic heterocycles. The molecular formula is C20H15FN2O2S. The molecule has 4 nitrogen and oxygen atoms in total. The minimum atomic E-state index is -0.377. The van der Waals surface area contributed by atoms with Crippen LogP contribution in [0.2, 0.25) is 0 Å². The maximum absolute atomic E-state index is 12.9. The normalized spacial score (nSPS) is 11.0. The molecule has 1 heterocycles. The lowest BCUT2D eigenvalue weighted by Gasteiger charge is -2.06. The lowest BCUT2D eigenvalue weighted by Crippen LogP contribution is -2.14. The van der Waals surface area contributed by atoms with Crippen LogP contribution in [-0.2, 0) is 6.54 Å². The summed E-state index contributed by atoms with van der Waals surface area (Å²) in [5.74, 6) is -0.652. The lowest BCUT2D eigenvalue weighted by atomic mass is 10.2. The molecule has 0 atom stereocenters. The monoisotopic (exact) mass is 366 g/mol. The average molecular weight is 366 g/mol. The van der Waals surface area contributed by atoms with E-state index in [4.69, 9.17) is 4.42 Å². The van der Waals surface area contributed by atoms with Gasteiger partial charge in [-0.05, 0) is 60.0 Å². The highest BCUT2D eigenvalue weighted by Crippen LogP contribution is 2.25. The van der Waals surface area contributed by atoms with Gasteiger partial charge in [0, 0.05) is 10.6 Å². The zero-order valence-electron chi connectivity index (χ0n) is 13.7. The van der Waals surface area contributed by atoms with Gasteiger partial charge in [0.2, 0.25) is 0 Å². The van der Waals surface area contributed by atoms with E-state index in [0.717, 1.165) is 21.7 Å². The molecule has 26 heavy (non-hydrogen) atoms. The number of hydrogen-bond donors (Lipinski definition) is 1. The number of nitrogens with one attached hydrogen (secondary N) is 1. The summed E-state index contributed by atoms with van der Waals surface area (Å²) in [7, 11) is 0. The molecule has 0 radical (unpaired) electrons. The molecule has 0 unspecified atom stereocenters. The highest BCUT2D eigenvalue weighted by molar-refractivity contribution is 8.00. The average Bonchev–Trinajstić information content (AvgIpc) is 2.97. The fourth-order valence-corrected chi connectivity index (χ4v) is 3.34. The van der Waals surface area contributed by atoms with Crippen molar-refractivity contribution in [2.75, 3.05) is 4.72 Å². The highest BCUT2D eigenvalue weighted by atomic mass is 32.2. The van der Waals surface area contributed by atoms with E-state index in [2.05, 4.69) is 4.72 Å². The van der Waals surface area contributed by atoms with E-state index < -0.39 is 0 Å². The number of oxazole rings is 1. The summed E-state index contributed by atoms with van der Waals surface area (Å²) in [5.41, 5.74) is 3.12. The topological polar surface area (TPSA) is 47.2 Å². The third kappa shape index (κ3) is 3.50. The second-order valence-corrected chi connectivity index (χ2v) is 6.66. The molecule has 130 valence electrons. The molecule has 0 aliphatic heterocycles. The maximum atomic E-state index is 12.9. The van der Waals surface area contributed by atoms with E-state index in [1.54, 1.807) is 16.7 Å². The molecule has 0 aliphatic carbocycles. The van der Waals surface area contributed by atoms with Gasteiger partial charge in [0.1, 0.15) is 5.82 Å². The Morgan fingerprint density at radius 1 is 1.00 bits per heavy atom. The molecule has 0 aliphatic rings. The van der Waals surface area contributed by atoms with Gasteiger partial charge < -0.3 is 9.14 Å². The quantitative estimate of drug-likeness (QED) is 0.510. The van der Waals surface area contributed by atoms with Crippen molar-refractivity contribution in [2.45, 2.75) is 11.4 Å². The standard InChI is InChI=1S/C20H15FN2O2S/c21-15-6-8-16(9-7-15)22-26-17-10-11-18-19(12-17)25-20(24)23(18)13-14-4-2-1-3-5-14/h1-12,22H,13H2. The Morgan fingerprint density at radius 2 is 1.77 bits per heavy atom. The molecule has 0 fully saturated rings. The fraction of sp³-hybridized carbons (Fsp3) is 0.0500. The van der Waals surface area contributed by atoms with Crippen molar-refractivity contribution in [1.29, 1.82) is 0 Å². The van der Waals surface area contributed by atoms with E-state index >= 15 is 0 Å². The SMILES string of the molecule is O=c1oc2cc(SNc3ccc(F)cc3)ccc2n1Cc1ccccc1. The van der Waals surface area contributed by atoms with Gasteiger partial charge in [-0.2, -0.15) is 0 Å². The van der Waals surface area contributed by atoms with Gasteiger partial charge >= 0.3 is 5.76 Å². The van der Waals surface area contributed by atoms with Gasteiger partial charge in [0.25, 0.3) is 0 Å². The van der Waals surface area contributed by atoms with Crippen LogP contribution in [0.3, 0.4) is 0 Å². The van der Waals surface area contributed by atoms with Crippen LogP contribution in [0, 0.1) is 5.82 Å². The van der Waals surface area contributed by atoms with Crippen LogP contribution in [-0.4, -0.2) is 4.57 Å². The van der Waals surface area contributed by atoms with Crippen molar-refractivity contribution in [3.8, 4) is 0 Å². The van der Waals surface area contributed by atoms with Crippen molar-refractivity contribution in [2.24, 2.45) is 0 Å². The molecule has 1 N–H and O–H groups in total. The molecule has 0 amide bonds. The van der Waals surface area contributed by atoms with Gasteiger partial charge in [-0.1, -0.05) is 30.3 Å². The Hall–Kier alpha value is -2.99. The summed E-state index contributed by atoms with van der Waals surface area (Å²) >= 11 is 1.37. The predicted molar refractivity (Wildman–Crippen MR) is 102 cm³/mol. The Bertz CT molecular complexity index is 1090. The van der Waals surface area contributed by atoms with Gasteiger partial charge in [0.05, 0.1) is 12.1 Å². The molecular weight excluding hydrogens is 351 g/mol. The van der Waals surface area contributed by atoms with Gasteiger partial charge in [-0.3, -0.25) is 4.57 Å². The molecule has 4 aromatic rings. The minimum Gasteiger partial charge on any atom is -0.408 e. The molecule has 0 spiro atoms. The van der Waals surface area contributed by atoms with Crippen molar-refractivity contribution >= 4 is 28.7 Å². The van der Waals surface area contributed by atoms with E-state index in [1.807, 2.05) is 48.5 Å². The second-order valence-electron chi connectivity index (χ2n) is 5.78. The van der Waals surface area contributed by atoms with Crippen molar-refractivity contribution in [1.82, 2.24) is 4.57 Å². The maximum Gasteiger partial charge on any atom is 0.420 e. The summed E-state index contributed by atoms with van der Waals surface area (Å²) in [5, 5.41) is 0. The number of aromatic nitrogens is 1. The zero-order chi connectivity index (χ0) is 17.9. The van der Waals surface area contributed by atoms with E-state index in [1.165, 1.54) is 24.1 Å². The highest BCUT2D eigenvalue weighted by Gasteiger charge is 2.10. The van der Waals surface area contributed by atoms with E-state index in [0.29, 0.717) is 12.1 Å². The number of halogens is 1. The summed E-state index contributed by atoms with van der Waals surface area (Å²) in [4.78, 5) is 13.1. The third-order valence-corrected chi connectivity index (χ3v) is 4.78. The van der Waals surface area contributed by atoms with Crippen molar-refractivity contribution < 1.29 is 8.81 Å². The fourth-order valence-electron chi connectivity index (χ4n) is 2.66. The third-order valence-electron chi connectivity index (χ3n) is 3.95. The molecule has 0 saturated heterocycles. The van der Waals surface area contributed by atoms with Crippen LogP contribution in [0.25, 0.3) is 11.1 Å². The Morgan fingerprint density at radius 3 is 2.54 bits per heavy atom. The van der Waals surface area contributed by atoms with Gasteiger partial charge in [-0.25, -0.2) is 9.18 Å². The number of fused-ring (bicyclic) bond motifs is 1. The van der Waals surface area contributed by atoms with Crippen LogP contribution in [0.4, 0.5) is 10.1 Å². The van der Waals surface area contributed by atoms with E-state index in [9.17, 15) is 9.18 Å². The summed E-state index contributed by atoms with van der Waals surface area (Å²) in [6, 6.07) is 21.5. The van der Waals surface area contributed by atoms with Crippen LogP contribution in [0.1, 0.15) is 5.56 Å².